The molecule has 0 bridgehead atoms. The number of nitrogens with one attached hydrogen (secondary N) is 1. The van der Waals surface area contributed by atoms with E-state index in [4.69, 9.17) is 0 Å². The summed E-state index contributed by atoms with van der Waals surface area (Å²) in [5.74, 6) is -0.0953. The topological polar surface area (TPSA) is 29.1 Å². The van der Waals surface area contributed by atoms with E-state index >= 15 is 0 Å². The van der Waals surface area contributed by atoms with E-state index in [2.05, 4.69) is 17.9 Å². The van der Waals surface area contributed by atoms with Crippen LogP contribution in [0.4, 0.5) is 5.69 Å². The fraction of sp³-hybridized carbons (Fsp3) is 0.188. The predicted octanol–water partition coefficient (Wildman–Crippen LogP) is 4.15. The summed E-state index contributed by atoms with van der Waals surface area (Å²) in [6.45, 7) is 5.91. The summed E-state index contributed by atoms with van der Waals surface area (Å²) >= 11 is 4.28. The van der Waals surface area contributed by atoms with Crippen LogP contribution in [-0.4, -0.2) is 5.91 Å². The molecule has 0 radical (unpaired) electrons. The second kappa shape index (κ2) is 5.49. The molecule has 3 heteroatoms. The number of hydrogen-bond acceptors (Lipinski definition) is 2. The standard InChI is InChI=1S/C16H17NOS/c1-10-4-5-12(3)15(8-10)17-16(18)14-9-13(19)7-6-11(14)2/h4-9,19H,1-3H3,(H,17,18). The van der Waals surface area contributed by atoms with Gasteiger partial charge in [0.1, 0.15) is 0 Å². The first-order chi connectivity index (χ1) is 8.97. The lowest BCUT2D eigenvalue weighted by Crippen LogP contribution is -2.14. The molecule has 0 aliphatic rings. The SMILES string of the molecule is Cc1ccc(C)c(NC(=O)c2cc(S)ccc2C)c1. The van der Waals surface area contributed by atoms with Crippen molar-refractivity contribution in [3.05, 3.63) is 58.7 Å². The van der Waals surface area contributed by atoms with Crippen molar-refractivity contribution in [3.8, 4) is 0 Å². The van der Waals surface area contributed by atoms with E-state index in [0.717, 1.165) is 27.3 Å². The van der Waals surface area contributed by atoms with Crippen molar-refractivity contribution < 1.29 is 4.79 Å². The van der Waals surface area contributed by atoms with Crippen LogP contribution in [0.5, 0.6) is 0 Å². The number of benzene rings is 2. The molecule has 0 aromatic heterocycles. The lowest BCUT2D eigenvalue weighted by atomic mass is 10.1. The highest BCUT2D eigenvalue weighted by Crippen LogP contribution is 2.19. The smallest absolute Gasteiger partial charge is 0.255 e. The Morgan fingerprint density at radius 1 is 1.00 bits per heavy atom. The van der Waals surface area contributed by atoms with Gasteiger partial charge in [0.05, 0.1) is 0 Å². The first kappa shape index (κ1) is 13.7. The Kier molecular flexibility index (Phi) is 3.96. The van der Waals surface area contributed by atoms with E-state index in [1.165, 1.54) is 0 Å². The molecule has 0 atom stereocenters. The van der Waals surface area contributed by atoms with E-state index in [0.29, 0.717) is 5.56 Å². The zero-order valence-corrected chi connectivity index (χ0v) is 12.2. The van der Waals surface area contributed by atoms with Crippen molar-refractivity contribution in [2.45, 2.75) is 25.7 Å². The third kappa shape index (κ3) is 3.18. The van der Waals surface area contributed by atoms with Crippen LogP contribution in [-0.2, 0) is 0 Å². The van der Waals surface area contributed by atoms with Crippen LogP contribution in [0.3, 0.4) is 0 Å². The minimum absolute atomic E-state index is 0.0953. The predicted molar refractivity (Wildman–Crippen MR) is 82.3 cm³/mol. The van der Waals surface area contributed by atoms with Gasteiger partial charge in [-0.25, -0.2) is 0 Å². The number of amides is 1. The monoisotopic (exact) mass is 271 g/mol. The van der Waals surface area contributed by atoms with Crippen LogP contribution in [0.1, 0.15) is 27.0 Å². The maximum absolute atomic E-state index is 12.3. The van der Waals surface area contributed by atoms with Gasteiger partial charge in [-0.1, -0.05) is 18.2 Å². The van der Waals surface area contributed by atoms with Crippen molar-refractivity contribution in [1.29, 1.82) is 0 Å². The molecule has 1 amide bonds. The van der Waals surface area contributed by atoms with Gasteiger partial charge in [-0.15, -0.1) is 12.6 Å². The fourth-order valence-corrected chi connectivity index (χ4v) is 2.12. The third-order valence-corrected chi connectivity index (χ3v) is 3.39. The van der Waals surface area contributed by atoms with Crippen LogP contribution in [0.15, 0.2) is 41.3 Å². The molecule has 2 aromatic carbocycles. The van der Waals surface area contributed by atoms with Crippen LogP contribution < -0.4 is 5.32 Å². The van der Waals surface area contributed by atoms with Gasteiger partial charge in [-0.2, -0.15) is 0 Å². The summed E-state index contributed by atoms with van der Waals surface area (Å²) < 4.78 is 0. The Hall–Kier alpha value is -1.74. The van der Waals surface area contributed by atoms with Crippen molar-refractivity contribution in [3.63, 3.8) is 0 Å². The Balaban J connectivity index is 2.30. The lowest BCUT2D eigenvalue weighted by Gasteiger charge is -2.11. The lowest BCUT2D eigenvalue weighted by molar-refractivity contribution is 0.102. The molecule has 0 spiro atoms. The first-order valence-electron chi connectivity index (χ1n) is 6.15. The van der Waals surface area contributed by atoms with Gasteiger partial charge < -0.3 is 5.32 Å². The number of rotatable bonds is 2. The molecule has 98 valence electrons. The van der Waals surface area contributed by atoms with Crippen LogP contribution in [0.25, 0.3) is 0 Å². The maximum atomic E-state index is 12.3. The molecule has 2 aromatic rings. The summed E-state index contributed by atoms with van der Waals surface area (Å²) in [5.41, 5.74) is 4.64. The second-order valence-electron chi connectivity index (χ2n) is 4.77. The number of thiol groups is 1. The van der Waals surface area contributed by atoms with Gasteiger partial charge in [-0.3, -0.25) is 4.79 Å². The van der Waals surface area contributed by atoms with Gasteiger partial charge in [0.25, 0.3) is 5.91 Å². The number of aryl methyl sites for hydroxylation is 3. The maximum Gasteiger partial charge on any atom is 0.255 e. The number of carbonyl (C=O) groups excluding carboxylic acids is 1. The summed E-state index contributed by atoms with van der Waals surface area (Å²) in [5, 5.41) is 2.96. The average molecular weight is 271 g/mol. The van der Waals surface area contributed by atoms with Gasteiger partial charge in [0.2, 0.25) is 0 Å². The summed E-state index contributed by atoms with van der Waals surface area (Å²) in [7, 11) is 0. The van der Waals surface area contributed by atoms with Gasteiger partial charge in [0, 0.05) is 16.1 Å². The molecule has 0 saturated heterocycles. The zero-order valence-electron chi connectivity index (χ0n) is 11.3. The minimum Gasteiger partial charge on any atom is -0.322 e. The highest BCUT2D eigenvalue weighted by molar-refractivity contribution is 7.80. The highest BCUT2D eigenvalue weighted by atomic mass is 32.1. The van der Waals surface area contributed by atoms with Crippen molar-refractivity contribution in [1.82, 2.24) is 0 Å². The van der Waals surface area contributed by atoms with Crippen LogP contribution in [0.2, 0.25) is 0 Å². The van der Waals surface area contributed by atoms with Crippen LogP contribution in [0, 0.1) is 20.8 Å². The number of carbonyl (C=O) groups is 1. The summed E-state index contributed by atoms with van der Waals surface area (Å²) in [6, 6.07) is 11.6. The molecular formula is C16H17NOS. The zero-order chi connectivity index (χ0) is 14.0. The van der Waals surface area contributed by atoms with E-state index in [1.54, 1.807) is 6.07 Å². The van der Waals surface area contributed by atoms with Crippen molar-refractivity contribution in [2.24, 2.45) is 0 Å². The van der Waals surface area contributed by atoms with E-state index in [1.807, 2.05) is 51.1 Å². The Labute approximate surface area is 119 Å². The molecule has 2 rings (SSSR count). The second-order valence-corrected chi connectivity index (χ2v) is 5.29. The van der Waals surface area contributed by atoms with Gasteiger partial charge >= 0.3 is 0 Å². The fourth-order valence-electron chi connectivity index (χ4n) is 1.91. The van der Waals surface area contributed by atoms with E-state index in [9.17, 15) is 4.79 Å². The van der Waals surface area contributed by atoms with Crippen molar-refractivity contribution in [2.75, 3.05) is 5.32 Å². The summed E-state index contributed by atoms with van der Waals surface area (Å²) in [4.78, 5) is 13.1. The Morgan fingerprint density at radius 3 is 2.42 bits per heavy atom. The first-order valence-corrected chi connectivity index (χ1v) is 6.60. The third-order valence-electron chi connectivity index (χ3n) is 3.11. The van der Waals surface area contributed by atoms with E-state index in [-0.39, 0.29) is 5.91 Å². The average Bonchev–Trinajstić information content (AvgIpc) is 2.36. The largest absolute Gasteiger partial charge is 0.322 e. The Morgan fingerprint density at radius 2 is 1.68 bits per heavy atom. The minimum atomic E-state index is -0.0953. The van der Waals surface area contributed by atoms with Crippen LogP contribution >= 0.6 is 12.6 Å². The number of hydrogen-bond donors (Lipinski definition) is 2. The Bertz CT molecular complexity index is 635. The molecule has 1 N–H and O–H groups in total. The molecule has 19 heavy (non-hydrogen) atoms. The van der Waals surface area contributed by atoms with E-state index < -0.39 is 0 Å². The summed E-state index contributed by atoms with van der Waals surface area (Å²) in [6.07, 6.45) is 0. The van der Waals surface area contributed by atoms with Gasteiger partial charge in [0.15, 0.2) is 0 Å². The van der Waals surface area contributed by atoms with Crippen molar-refractivity contribution >= 4 is 24.2 Å². The molecule has 2 nitrogen and oxygen atoms in total. The molecule has 0 aliphatic heterocycles. The molecule has 0 heterocycles. The van der Waals surface area contributed by atoms with Gasteiger partial charge in [-0.05, 0) is 55.7 Å². The number of anilines is 1. The normalized spacial score (nSPS) is 10.3. The quantitative estimate of drug-likeness (QED) is 0.789. The molecule has 0 aliphatic carbocycles. The molecule has 0 fully saturated rings. The molecule has 0 unspecified atom stereocenters. The molecule has 0 saturated carbocycles. The highest BCUT2D eigenvalue weighted by Gasteiger charge is 2.10. The molecular weight excluding hydrogens is 254 g/mol.